The van der Waals surface area contributed by atoms with Crippen LogP contribution in [0.15, 0.2) is 0 Å². The average Bonchev–Trinajstić information content (AvgIpc) is 2.26. The van der Waals surface area contributed by atoms with Crippen molar-refractivity contribution >= 4 is 17.6 Å². The molecule has 3 N–H and O–H groups in total. The second-order valence-electron chi connectivity index (χ2n) is 5.21. The van der Waals surface area contributed by atoms with Gasteiger partial charge in [-0.1, -0.05) is 20.3 Å². The summed E-state index contributed by atoms with van der Waals surface area (Å²) >= 11 is 2.06. The molecule has 0 unspecified atom stereocenters. The minimum atomic E-state index is -0.113. The number of nitrogens with two attached hydrogens (primary N) is 1. The van der Waals surface area contributed by atoms with Crippen LogP contribution in [0.1, 0.15) is 33.1 Å². The summed E-state index contributed by atoms with van der Waals surface area (Å²) in [6.45, 7) is 7.84. The fourth-order valence-electron chi connectivity index (χ4n) is 1.86. The van der Waals surface area contributed by atoms with E-state index in [1.165, 1.54) is 44.0 Å². The highest BCUT2D eigenvalue weighted by Gasteiger charge is 2.20. The minimum Gasteiger partial charge on any atom is -0.387 e. The molecule has 0 aromatic heterocycles. The molecule has 0 amide bonds. The van der Waals surface area contributed by atoms with Crippen molar-refractivity contribution in [2.75, 3.05) is 31.1 Å². The molecule has 1 fully saturated rings. The molecule has 0 saturated carbocycles. The van der Waals surface area contributed by atoms with Crippen LogP contribution in [0.5, 0.6) is 0 Å². The number of amidine groups is 1. The van der Waals surface area contributed by atoms with Gasteiger partial charge in [-0.15, -0.1) is 0 Å². The lowest BCUT2D eigenvalue weighted by Crippen LogP contribution is -2.34. The molecule has 0 atom stereocenters. The van der Waals surface area contributed by atoms with Gasteiger partial charge in [-0.05, 0) is 19.4 Å². The van der Waals surface area contributed by atoms with Gasteiger partial charge < -0.3 is 10.6 Å². The molecule has 1 saturated heterocycles. The van der Waals surface area contributed by atoms with Crippen molar-refractivity contribution in [3.05, 3.63) is 0 Å². The van der Waals surface area contributed by atoms with E-state index >= 15 is 0 Å². The monoisotopic (exact) mass is 243 g/mol. The van der Waals surface area contributed by atoms with E-state index in [1.54, 1.807) is 0 Å². The molecule has 0 bridgehead atoms. The first-order valence-corrected chi connectivity index (χ1v) is 7.32. The van der Waals surface area contributed by atoms with Crippen molar-refractivity contribution in [3.63, 3.8) is 0 Å². The van der Waals surface area contributed by atoms with Crippen LogP contribution < -0.4 is 5.73 Å². The molecular formula is C12H25N3S. The van der Waals surface area contributed by atoms with Crippen LogP contribution in [0.3, 0.4) is 0 Å². The summed E-state index contributed by atoms with van der Waals surface area (Å²) in [4.78, 5) is 2.55. The Hall–Kier alpha value is -0.220. The Morgan fingerprint density at radius 1 is 1.31 bits per heavy atom. The third-order valence-corrected chi connectivity index (χ3v) is 4.30. The topological polar surface area (TPSA) is 53.1 Å². The highest BCUT2D eigenvalue weighted by Crippen LogP contribution is 2.22. The summed E-state index contributed by atoms with van der Waals surface area (Å²) in [5.74, 6) is 2.90. The van der Waals surface area contributed by atoms with Gasteiger partial charge in [-0.25, -0.2) is 0 Å². The van der Waals surface area contributed by atoms with Gasteiger partial charge >= 0.3 is 0 Å². The van der Waals surface area contributed by atoms with Crippen LogP contribution in [0.2, 0.25) is 0 Å². The first-order chi connectivity index (χ1) is 7.52. The van der Waals surface area contributed by atoms with Gasteiger partial charge in [0, 0.05) is 30.0 Å². The summed E-state index contributed by atoms with van der Waals surface area (Å²) in [5.41, 5.74) is 5.45. The smallest absolute Gasteiger partial charge is 0.0963 e. The Kier molecular flexibility index (Phi) is 5.62. The maximum Gasteiger partial charge on any atom is 0.0963 e. The Morgan fingerprint density at radius 3 is 2.50 bits per heavy atom. The molecule has 1 aliphatic rings. The predicted molar refractivity (Wildman–Crippen MR) is 73.3 cm³/mol. The Labute approximate surface area is 104 Å². The lowest BCUT2D eigenvalue weighted by atomic mass is 9.86. The zero-order valence-corrected chi connectivity index (χ0v) is 11.4. The molecule has 0 spiro atoms. The van der Waals surface area contributed by atoms with E-state index in [0.717, 1.165) is 6.42 Å². The van der Waals surface area contributed by atoms with Gasteiger partial charge in [-0.3, -0.25) is 5.41 Å². The number of hydrogen-bond donors (Lipinski definition) is 2. The highest BCUT2D eigenvalue weighted by atomic mass is 32.2. The summed E-state index contributed by atoms with van der Waals surface area (Å²) in [7, 11) is 0. The van der Waals surface area contributed by atoms with E-state index in [4.69, 9.17) is 11.1 Å². The fraction of sp³-hybridized carbons (Fsp3) is 0.917. The lowest BCUT2D eigenvalue weighted by Gasteiger charge is -2.27. The number of thioether (sulfide) groups is 1. The summed E-state index contributed by atoms with van der Waals surface area (Å²) in [6.07, 6.45) is 3.45. The molecule has 4 heteroatoms. The number of nitrogens with zero attached hydrogens (tertiary/aromatic N) is 1. The molecule has 0 aliphatic carbocycles. The normalized spacial score (nSPS) is 18.6. The molecular weight excluding hydrogens is 218 g/mol. The molecule has 3 nitrogen and oxygen atoms in total. The zero-order chi connectivity index (χ0) is 12.0. The van der Waals surface area contributed by atoms with E-state index in [9.17, 15) is 0 Å². The van der Waals surface area contributed by atoms with Gasteiger partial charge in [0.25, 0.3) is 0 Å². The maximum absolute atomic E-state index is 7.49. The van der Waals surface area contributed by atoms with Crippen LogP contribution in [0.4, 0.5) is 0 Å². The van der Waals surface area contributed by atoms with Crippen molar-refractivity contribution in [2.24, 2.45) is 11.1 Å². The SMILES string of the molecule is CC(C)(CCCCN1CCSCC1)C(=N)N. The van der Waals surface area contributed by atoms with E-state index < -0.39 is 0 Å². The summed E-state index contributed by atoms with van der Waals surface area (Å²) in [5, 5.41) is 7.49. The average molecular weight is 243 g/mol. The third-order valence-electron chi connectivity index (χ3n) is 3.36. The van der Waals surface area contributed by atoms with Gasteiger partial charge in [0.05, 0.1) is 5.84 Å². The van der Waals surface area contributed by atoms with Crippen molar-refractivity contribution in [2.45, 2.75) is 33.1 Å². The van der Waals surface area contributed by atoms with Crippen molar-refractivity contribution in [1.82, 2.24) is 4.90 Å². The first-order valence-electron chi connectivity index (χ1n) is 6.17. The Bertz CT molecular complexity index is 222. The predicted octanol–water partition coefficient (Wildman–Crippen LogP) is 2.17. The lowest BCUT2D eigenvalue weighted by molar-refractivity contribution is 0.288. The van der Waals surface area contributed by atoms with Crippen LogP contribution in [0, 0.1) is 10.8 Å². The van der Waals surface area contributed by atoms with Crippen molar-refractivity contribution in [1.29, 1.82) is 5.41 Å². The maximum atomic E-state index is 7.49. The van der Waals surface area contributed by atoms with Crippen LogP contribution in [-0.2, 0) is 0 Å². The minimum absolute atomic E-state index is 0.113. The number of nitrogens with one attached hydrogen (secondary N) is 1. The molecule has 16 heavy (non-hydrogen) atoms. The molecule has 0 aromatic carbocycles. The molecule has 0 aromatic rings. The van der Waals surface area contributed by atoms with E-state index in [2.05, 4.69) is 30.5 Å². The Balaban J connectivity index is 2.09. The zero-order valence-electron chi connectivity index (χ0n) is 10.6. The quantitative estimate of drug-likeness (QED) is 0.427. The first kappa shape index (κ1) is 13.8. The second-order valence-corrected chi connectivity index (χ2v) is 6.43. The molecule has 1 heterocycles. The third kappa shape index (κ3) is 4.74. The Morgan fingerprint density at radius 2 is 1.94 bits per heavy atom. The molecule has 94 valence electrons. The number of rotatable bonds is 6. The van der Waals surface area contributed by atoms with E-state index in [1.807, 2.05) is 0 Å². The number of hydrogen-bond acceptors (Lipinski definition) is 3. The van der Waals surface area contributed by atoms with Gasteiger partial charge in [0.1, 0.15) is 0 Å². The highest BCUT2D eigenvalue weighted by molar-refractivity contribution is 7.99. The van der Waals surface area contributed by atoms with Crippen molar-refractivity contribution < 1.29 is 0 Å². The standard InChI is InChI=1S/C12H25N3S/c1-12(2,11(13)14)5-3-4-6-15-7-9-16-10-8-15/h3-10H2,1-2H3,(H3,13,14). The molecule has 0 radical (unpaired) electrons. The fourth-order valence-corrected chi connectivity index (χ4v) is 2.84. The number of unbranched alkanes of at least 4 members (excludes halogenated alkanes) is 1. The van der Waals surface area contributed by atoms with Crippen molar-refractivity contribution in [3.8, 4) is 0 Å². The van der Waals surface area contributed by atoms with Crippen LogP contribution >= 0.6 is 11.8 Å². The van der Waals surface area contributed by atoms with Gasteiger partial charge in [0.2, 0.25) is 0 Å². The second kappa shape index (κ2) is 6.50. The molecule has 1 aliphatic heterocycles. The van der Waals surface area contributed by atoms with Gasteiger partial charge in [-0.2, -0.15) is 11.8 Å². The van der Waals surface area contributed by atoms with E-state index in [0.29, 0.717) is 5.84 Å². The summed E-state index contributed by atoms with van der Waals surface area (Å²) < 4.78 is 0. The van der Waals surface area contributed by atoms with E-state index in [-0.39, 0.29) is 5.41 Å². The summed E-state index contributed by atoms with van der Waals surface area (Å²) in [6, 6.07) is 0. The largest absolute Gasteiger partial charge is 0.387 e. The molecule has 1 rings (SSSR count). The van der Waals surface area contributed by atoms with Gasteiger partial charge in [0.15, 0.2) is 0 Å². The van der Waals surface area contributed by atoms with Crippen LogP contribution in [-0.4, -0.2) is 41.9 Å². The van der Waals surface area contributed by atoms with Crippen LogP contribution in [0.25, 0.3) is 0 Å².